The zero-order valence-electron chi connectivity index (χ0n) is 17.7. The van der Waals surface area contributed by atoms with E-state index in [0.29, 0.717) is 52.5 Å². The van der Waals surface area contributed by atoms with E-state index in [4.69, 9.17) is 21.8 Å². The Morgan fingerprint density at radius 2 is 1.91 bits per heavy atom. The third kappa shape index (κ3) is 4.24. The second-order valence-electron chi connectivity index (χ2n) is 8.12. The molecule has 4 aromatic rings. The smallest absolute Gasteiger partial charge is 0.416 e. The number of aromatic nitrogens is 2. The van der Waals surface area contributed by atoms with E-state index in [-0.39, 0.29) is 17.9 Å². The minimum Gasteiger partial charge on any atom is -0.440 e. The molecule has 0 atom stereocenters. The molecule has 1 aliphatic rings. The highest BCUT2D eigenvalue weighted by Crippen LogP contribution is 2.31. The molecule has 1 aliphatic heterocycles. The van der Waals surface area contributed by atoms with E-state index < -0.39 is 11.7 Å². The molecule has 2 aromatic carbocycles. The molecular weight excluding hydrogens is 469 g/mol. The number of halogens is 4. The van der Waals surface area contributed by atoms with E-state index in [9.17, 15) is 18.0 Å². The van der Waals surface area contributed by atoms with Crippen molar-refractivity contribution in [2.75, 3.05) is 12.3 Å². The van der Waals surface area contributed by atoms with Crippen LogP contribution in [0.1, 0.15) is 22.4 Å². The molecule has 2 N–H and O–H groups in total. The lowest BCUT2D eigenvalue weighted by molar-refractivity contribution is -0.137. The molecule has 174 valence electrons. The second kappa shape index (κ2) is 8.41. The number of fused-ring (bicyclic) bond motifs is 2. The summed E-state index contributed by atoms with van der Waals surface area (Å²) in [5.74, 6) is 0.441. The number of nitrogen functional groups attached to an aromatic ring is 1. The van der Waals surface area contributed by atoms with Gasteiger partial charge in [0.05, 0.1) is 22.2 Å². The average molecular weight is 487 g/mol. The fourth-order valence-electron chi connectivity index (χ4n) is 4.05. The van der Waals surface area contributed by atoms with E-state index in [1.807, 2.05) is 4.90 Å². The molecule has 0 aliphatic carbocycles. The lowest BCUT2D eigenvalue weighted by atomic mass is 10.0. The third-order valence-corrected chi connectivity index (χ3v) is 6.08. The second-order valence-corrected chi connectivity index (χ2v) is 8.55. The number of hydrogen-bond donors (Lipinski definition) is 1. The van der Waals surface area contributed by atoms with Gasteiger partial charge in [-0.25, -0.2) is 9.97 Å². The van der Waals surface area contributed by atoms with Gasteiger partial charge in [0.2, 0.25) is 0 Å². The average Bonchev–Trinajstić information content (AvgIpc) is 2.81. The summed E-state index contributed by atoms with van der Waals surface area (Å²) < 4.78 is 44.1. The van der Waals surface area contributed by atoms with Gasteiger partial charge in [0.1, 0.15) is 5.58 Å². The summed E-state index contributed by atoms with van der Waals surface area (Å²) >= 11 is 6.03. The molecule has 5 rings (SSSR count). The summed E-state index contributed by atoms with van der Waals surface area (Å²) in [5.41, 5.74) is 8.06. The summed E-state index contributed by atoms with van der Waals surface area (Å²) in [6, 6.07) is 9.59. The summed E-state index contributed by atoms with van der Waals surface area (Å²) in [4.78, 5) is 23.9. The van der Waals surface area contributed by atoms with Crippen molar-refractivity contribution >= 4 is 28.5 Å². The van der Waals surface area contributed by atoms with Crippen LogP contribution in [0.2, 0.25) is 5.02 Å². The van der Waals surface area contributed by atoms with E-state index in [2.05, 4.69) is 9.97 Å². The monoisotopic (exact) mass is 486 g/mol. The lowest BCUT2D eigenvalue weighted by Gasteiger charge is -2.28. The first-order valence-electron chi connectivity index (χ1n) is 10.4. The van der Waals surface area contributed by atoms with Gasteiger partial charge in [0, 0.05) is 48.4 Å². The van der Waals surface area contributed by atoms with Crippen molar-refractivity contribution in [1.29, 1.82) is 0 Å². The van der Waals surface area contributed by atoms with Crippen LogP contribution in [0.3, 0.4) is 0 Å². The van der Waals surface area contributed by atoms with Crippen LogP contribution in [0.4, 0.5) is 19.1 Å². The van der Waals surface area contributed by atoms with E-state index in [1.54, 1.807) is 24.4 Å². The van der Waals surface area contributed by atoms with Crippen molar-refractivity contribution in [3.63, 3.8) is 0 Å². The summed E-state index contributed by atoms with van der Waals surface area (Å²) in [6.45, 7) is 1.40. The Labute approximate surface area is 196 Å². The molecule has 2 aromatic heterocycles. The van der Waals surface area contributed by atoms with Crippen LogP contribution in [0, 0.1) is 0 Å². The van der Waals surface area contributed by atoms with Gasteiger partial charge in [0.25, 0.3) is 0 Å². The van der Waals surface area contributed by atoms with Crippen LogP contribution in [-0.2, 0) is 25.7 Å². The molecule has 0 amide bonds. The van der Waals surface area contributed by atoms with Crippen LogP contribution >= 0.6 is 11.6 Å². The normalized spacial score (nSPS) is 14.4. The van der Waals surface area contributed by atoms with Gasteiger partial charge < -0.3 is 10.2 Å². The van der Waals surface area contributed by atoms with Crippen LogP contribution < -0.4 is 11.2 Å². The van der Waals surface area contributed by atoms with Crippen molar-refractivity contribution < 1.29 is 17.6 Å². The van der Waals surface area contributed by atoms with Crippen LogP contribution in [0.5, 0.6) is 0 Å². The molecule has 34 heavy (non-hydrogen) atoms. The largest absolute Gasteiger partial charge is 0.440 e. The first-order valence-corrected chi connectivity index (χ1v) is 10.8. The Hall–Kier alpha value is -3.43. The van der Waals surface area contributed by atoms with Gasteiger partial charge in [0.15, 0.2) is 17.1 Å². The maximum Gasteiger partial charge on any atom is 0.416 e. The Morgan fingerprint density at radius 3 is 2.65 bits per heavy atom. The first-order chi connectivity index (χ1) is 16.2. The fraction of sp³-hybridized carbons (Fsp3) is 0.208. The number of nitrogens with zero attached hydrogens (tertiary/aromatic N) is 3. The van der Waals surface area contributed by atoms with E-state index >= 15 is 0 Å². The Bertz CT molecular complexity index is 1450. The fourth-order valence-corrected chi connectivity index (χ4v) is 4.23. The minimum atomic E-state index is -4.39. The predicted molar refractivity (Wildman–Crippen MR) is 122 cm³/mol. The quantitative estimate of drug-likeness (QED) is 0.435. The summed E-state index contributed by atoms with van der Waals surface area (Å²) in [7, 11) is 0. The van der Waals surface area contributed by atoms with Crippen LogP contribution in [0.25, 0.3) is 22.4 Å². The van der Waals surface area contributed by atoms with Gasteiger partial charge in [-0.15, -0.1) is 0 Å². The number of hydrogen-bond acceptors (Lipinski definition) is 6. The van der Waals surface area contributed by atoms with Crippen molar-refractivity contribution in [1.82, 2.24) is 14.9 Å². The van der Waals surface area contributed by atoms with Crippen molar-refractivity contribution in [2.45, 2.75) is 25.7 Å². The lowest BCUT2D eigenvalue weighted by Crippen LogP contribution is -2.33. The highest BCUT2D eigenvalue weighted by atomic mass is 35.5. The Kier molecular flexibility index (Phi) is 5.53. The van der Waals surface area contributed by atoms with Gasteiger partial charge in [-0.05, 0) is 30.3 Å². The number of nitrogens with two attached hydrogens (primary N) is 1. The summed E-state index contributed by atoms with van der Waals surface area (Å²) in [5, 5.41) is 0.807. The van der Waals surface area contributed by atoms with E-state index in [0.717, 1.165) is 23.4 Å². The summed E-state index contributed by atoms with van der Waals surface area (Å²) in [6.07, 6.45) is -2.12. The maximum atomic E-state index is 13.0. The SMILES string of the molecule is Nc1oc2ccc(Cl)cc2c(=O)c1CN1CCc2nc(-c3ccc(C(F)(F)F)cc3)ncc2C1. The Balaban J connectivity index is 1.37. The van der Waals surface area contributed by atoms with Crippen LogP contribution in [-0.4, -0.2) is 21.4 Å². The number of anilines is 1. The van der Waals surface area contributed by atoms with Gasteiger partial charge >= 0.3 is 6.18 Å². The highest BCUT2D eigenvalue weighted by molar-refractivity contribution is 6.31. The molecule has 0 bridgehead atoms. The van der Waals surface area contributed by atoms with Crippen molar-refractivity contribution in [3.05, 3.63) is 86.3 Å². The molecule has 10 heteroatoms. The van der Waals surface area contributed by atoms with Gasteiger partial charge in [-0.2, -0.15) is 13.2 Å². The predicted octanol–water partition coefficient (Wildman–Crippen LogP) is 5.06. The zero-order valence-corrected chi connectivity index (χ0v) is 18.5. The number of benzene rings is 2. The topological polar surface area (TPSA) is 85.2 Å². The molecule has 0 saturated heterocycles. The molecule has 3 heterocycles. The standard InChI is InChI=1S/C24H18ClF3N4O2/c25-16-5-6-20-17(9-16)21(33)18(22(29)34-20)12-32-8-7-19-14(11-32)10-30-23(31-19)13-1-3-15(4-2-13)24(26,27)28/h1-6,9-10H,7-8,11-12,29H2. The van der Waals surface area contributed by atoms with Crippen molar-refractivity contribution in [2.24, 2.45) is 0 Å². The molecule has 0 spiro atoms. The Morgan fingerprint density at radius 1 is 1.15 bits per heavy atom. The van der Waals surface area contributed by atoms with Crippen LogP contribution in [0.15, 0.2) is 57.9 Å². The molecule has 0 radical (unpaired) electrons. The zero-order chi connectivity index (χ0) is 24.0. The molecule has 0 saturated carbocycles. The molecular formula is C24H18ClF3N4O2. The van der Waals surface area contributed by atoms with E-state index in [1.165, 1.54) is 12.1 Å². The third-order valence-electron chi connectivity index (χ3n) is 5.84. The first kappa shape index (κ1) is 22.4. The number of alkyl halides is 3. The van der Waals surface area contributed by atoms with Gasteiger partial charge in [-0.3, -0.25) is 9.69 Å². The van der Waals surface area contributed by atoms with Gasteiger partial charge in [-0.1, -0.05) is 23.7 Å². The highest BCUT2D eigenvalue weighted by Gasteiger charge is 2.30. The van der Waals surface area contributed by atoms with Crippen molar-refractivity contribution in [3.8, 4) is 11.4 Å². The minimum absolute atomic E-state index is 0.0690. The molecule has 0 unspecified atom stereocenters. The molecule has 6 nitrogen and oxygen atoms in total. The molecule has 0 fully saturated rings. The maximum absolute atomic E-state index is 13.0. The number of rotatable bonds is 3.